The number of thioether (sulfide) groups is 1. The van der Waals surface area contributed by atoms with Crippen molar-refractivity contribution in [1.29, 1.82) is 0 Å². The number of nitrogens with zero attached hydrogens (tertiary/aromatic N) is 4. The van der Waals surface area contributed by atoms with E-state index in [0.717, 1.165) is 47.3 Å². The number of aryl methyl sites for hydroxylation is 1. The molecule has 3 heterocycles. The van der Waals surface area contributed by atoms with E-state index in [1.807, 2.05) is 6.07 Å². The topological polar surface area (TPSA) is 75.6 Å². The number of hydrogen-bond acceptors (Lipinski definition) is 8. The first-order valence-corrected chi connectivity index (χ1v) is 14.3. The zero-order valence-corrected chi connectivity index (χ0v) is 22.4. The molecule has 2 N–H and O–H groups in total. The number of thiazole rings is 1. The Morgan fingerprint density at radius 2 is 1.89 bits per heavy atom. The van der Waals surface area contributed by atoms with Gasteiger partial charge in [-0.25, -0.2) is 9.97 Å². The van der Waals surface area contributed by atoms with Crippen molar-refractivity contribution in [2.24, 2.45) is 5.92 Å². The molecule has 202 valence electrons. The molecule has 0 unspecified atom stereocenters. The first-order chi connectivity index (χ1) is 17.5. The molecule has 0 aromatic carbocycles. The Balaban J connectivity index is 1.67. The number of rotatable bonds is 12. The van der Waals surface area contributed by atoms with Gasteiger partial charge < -0.3 is 10.6 Å². The van der Waals surface area contributed by atoms with Crippen molar-refractivity contribution in [3.05, 3.63) is 23.7 Å². The molecular formula is C24H29F5N6S2. The van der Waals surface area contributed by atoms with Gasteiger partial charge in [0.1, 0.15) is 16.3 Å². The Morgan fingerprint density at radius 1 is 1.14 bits per heavy atom. The highest BCUT2D eigenvalue weighted by molar-refractivity contribution is 7.98. The van der Waals surface area contributed by atoms with E-state index >= 15 is 0 Å². The van der Waals surface area contributed by atoms with Gasteiger partial charge in [0.25, 0.3) is 0 Å². The third-order valence-electron chi connectivity index (χ3n) is 6.31. The Bertz CT molecular complexity index is 1230. The summed E-state index contributed by atoms with van der Waals surface area (Å²) in [6.45, 7) is 2.69. The average Bonchev–Trinajstić information content (AvgIpc) is 3.59. The smallest absolute Gasteiger partial charge is 0.369 e. The highest BCUT2D eigenvalue weighted by Crippen LogP contribution is 2.44. The summed E-state index contributed by atoms with van der Waals surface area (Å²) in [7, 11) is 0. The Kier molecular flexibility index (Phi) is 8.41. The van der Waals surface area contributed by atoms with Crippen LogP contribution in [0, 0.1) is 12.8 Å². The lowest BCUT2D eigenvalue weighted by molar-refractivity contribution is -0.275. The van der Waals surface area contributed by atoms with Crippen molar-refractivity contribution in [1.82, 2.24) is 19.9 Å². The fourth-order valence-corrected chi connectivity index (χ4v) is 5.94. The molecule has 1 atom stereocenters. The van der Waals surface area contributed by atoms with Gasteiger partial charge in [-0.2, -0.15) is 38.7 Å². The number of pyridine rings is 1. The SMILES string of the molecule is CC[C@@H](CCNc1nc(NCC(F)(F)C(F)(F)F)nc(C)c1-c1nc2c(C3CC3)nccc2s1)CSC. The highest BCUT2D eigenvalue weighted by atomic mass is 32.2. The molecule has 13 heteroatoms. The van der Waals surface area contributed by atoms with Gasteiger partial charge in [-0.05, 0) is 50.2 Å². The Labute approximate surface area is 220 Å². The van der Waals surface area contributed by atoms with Gasteiger partial charge in [0, 0.05) is 18.7 Å². The van der Waals surface area contributed by atoms with Crippen LogP contribution in [-0.4, -0.2) is 57.1 Å². The quantitative estimate of drug-likeness (QED) is 0.228. The summed E-state index contributed by atoms with van der Waals surface area (Å²) in [6.07, 6.45) is 2.16. The molecule has 1 saturated carbocycles. The standard InChI is InChI=1S/C24H29F5N6S2/c1-4-14(11-36-3)7-9-31-20-17(13(2)33-22(35-20)32-12-23(25,26)24(27,28)29)21-34-19-16(37-21)8-10-30-18(19)15-5-6-15/h8,10,14-15H,4-7,9,11-12H2,1-3H3,(H2,31,32,33,35)/t14-/m0/s1. The van der Waals surface area contributed by atoms with E-state index in [1.165, 1.54) is 11.3 Å². The molecule has 0 aliphatic heterocycles. The molecular weight excluding hydrogens is 531 g/mol. The first kappa shape index (κ1) is 27.7. The summed E-state index contributed by atoms with van der Waals surface area (Å²) in [5.74, 6) is -2.98. The van der Waals surface area contributed by atoms with Gasteiger partial charge in [-0.1, -0.05) is 13.3 Å². The monoisotopic (exact) mass is 560 g/mol. The number of fused-ring (bicyclic) bond motifs is 1. The number of aromatic nitrogens is 4. The van der Waals surface area contributed by atoms with Crippen LogP contribution in [0.5, 0.6) is 0 Å². The molecule has 1 fully saturated rings. The molecule has 37 heavy (non-hydrogen) atoms. The molecule has 0 spiro atoms. The van der Waals surface area contributed by atoms with Crippen LogP contribution in [0.25, 0.3) is 20.8 Å². The molecule has 0 amide bonds. The number of alkyl halides is 5. The van der Waals surface area contributed by atoms with Gasteiger partial charge in [0.15, 0.2) is 0 Å². The first-order valence-electron chi connectivity index (χ1n) is 12.1. The third kappa shape index (κ3) is 6.42. The van der Waals surface area contributed by atoms with Gasteiger partial charge in [-0.15, -0.1) is 11.3 Å². The zero-order valence-electron chi connectivity index (χ0n) is 20.8. The predicted molar refractivity (Wildman–Crippen MR) is 140 cm³/mol. The lowest BCUT2D eigenvalue weighted by Gasteiger charge is -2.21. The summed E-state index contributed by atoms with van der Waals surface area (Å²) in [6, 6.07) is 1.90. The molecule has 1 aliphatic carbocycles. The van der Waals surface area contributed by atoms with Crippen molar-refractivity contribution in [3.8, 4) is 10.6 Å². The molecule has 1 aliphatic rings. The van der Waals surface area contributed by atoms with Crippen LogP contribution in [-0.2, 0) is 0 Å². The molecule has 0 saturated heterocycles. The van der Waals surface area contributed by atoms with Gasteiger partial charge in [-0.3, -0.25) is 4.98 Å². The average molecular weight is 561 g/mol. The number of hydrogen-bond donors (Lipinski definition) is 2. The summed E-state index contributed by atoms with van der Waals surface area (Å²) in [5, 5.41) is 6.00. The van der Waals surface area contributed by atoms with Crippen LogP contribution in [0.15, 0.2) is 12.3 Å². The zero-order chi connectivity index (χ0) is 26.8. The van der Waals surface area contributed by atoms with Crippen molar-refractivity contribution in [2.75, 3.05) is 35.7 Å². The van der Waals surface area contributed by atoms with Crippen LogP contribution in [0.1, 0.15) is 49.9 Å². The second-order valence-electron chi connectivity index (χ2n) is 9.19. The van der Waals surface area contributed by atoms with Crippen LogP contribution in [0.2, 0.25) is 0 Å². The van der Waals surface area contributed by atoms with Crippen LogP contribution < -0.4 is 10.6 Å². The number of anilines is 2. The second kappa shape index (κ2) is 11.2. The van der Waals surface area contributed by atoms with E-state index in [9.17, 15) is 22.0 Å². The van der Waals surface area contributed by atoms with Gasteiger partial charge in [0.05, 0.1) is 28.2 Å². The molecule has 0 bridgehead atoms. The van der Waals surface area contributed by atoms with E-state index in [0.29, 0.717) is 40.5 Å². The Hall–Kier alpha value is -2.28. The predicted octanol–water partition coefficient (Wildman–Crippen LogP) is 7.13. The molecule has 4 rings (SSSR count). The van der Waals surface area contributed by atoms with Crippen LogP contribution >= 0.6 is 23.1 Å². The molecule has 0 radical (unpaired) electrons. The molecule has 6 nitrogen and oxygen atoms in total. The van der Waals surface area contributed by atoms with Crippen LogP contribution in [0.3, 0.4) is 0 Å². The van der Waals surface area contributed by atoms with E-state index < -0.39 is 18.6 Å². The van der Waals surface area contributed by atoms with E-state index in [-0.39, 0.29) is 5.95 Å². The maximum atomic E-state index is 13.5. The maximum absolute atomic E-state index is 13.5. The van der Waals surface area contributed by atoms with Gasteiger partial charge >= 0.3 is 12.1 Å². The van der Waals surface area contributed by atoms with Crippen molar-refractivity contribution in [3.63, 3.8) is 0 Å². The maximum Gasteiger partial charge on any atom is 0.455 e. The summed E-state index contributed by atoms with van der Waals surface area (Å²) < 4.78 is 66.0. The molecule has 3 aromatic heterocycles. The van der Waals surface area contributed by atoms with Crippen molar-refractivity contribution < 1.29 is 22.0 Å². The minimum absolute atomic E-state index is 0.301. The Morgan fingerprint density at radius 3 is 2.54 bits per heavy atom. The fourth-order valence-electron chi connectivity index (χ4n) is 4.00. The summed E-state index contributed by atoms with van der Waals surface area (Å²) in [5.41, 5.74) is 2.82. The largest absolute Gasteiger partial charge is 0.455 e. The lowest BCUT2D eigenvalue weighted by atomic mass is 10.1. The van der Waals surface area contributed by atoms with Crippen molar-refractivity contribution in [2.45, 2.75) is 57.5 Å². The fraction of sp³-hybridized carbons (Fsp3) is 0.583. The van der Waals surface area contributed by atoms with Crippen LogP contribution in [0.4, 0.5) is 33.7 Å². The number of nitrogens with one attached hydrogen (secondary N) is 2. The summed E-state index contributed by atoms with van der Waals surface area (Å²) >= 11 is 3.22. The van der Waals surface area contributed by atoms with E-state index in [1.54, 1.807) is 24.9 Å². The van der Waals surface area contributed by atoms with E-state index in [4.69, 9.17) is 4.98 Å². The number of halogens is 5. The van der Waals surface area contributed by atoms with Gasteiger partial charge in [0.2, 0.25) is 5.95 Å². The lowest BCUT2D eigenvalue weighted by Crippen LogP contribution is -2.42. The molecule has 3 aromatic rings. The summed E-state index contributed by atoms with van der Waals surface area (Å²) in [4.78, 5) is 17.9. The van der Waals surface area contributed by atoms with E-state index in [2.05, 4.69) is 38.8 Å². The third-order valence-corrected chi connectivity index (χ3v) is 8.15. The van der Waals surface area contributed by atoms with Crippen molar-refractivity contribution >= 4 is 45.1 Å². The normalized spacial score (nSPS) is 15.2. The minimum atomic E-state index is -5.67. The second-order valence-corrected chi connectivity index (χ2v) is 11.1. The minimum Gasteiger partial charge on any atom is -0.369 e. The highest BCUT2D eigenvalue weighted by Gasteiger charge is 2.57.